The summed E-state index contributed by atoms with van der Waals surface area (Å²) in [7, 11) is 0.862. The largest absolute Gasteiger partial charge is 0.541 e. The molecule has 1 aliphatic rings. The van der Waals surface area contributed by atoms with Crippen LogP contribution in [-0.4, -0.2) is 35.5 Å². The number of aliphatic imine (C=N–C) groups is 1. The Bertz CT molecular complexity index is 903. The van der Waals surface area contributed by atoms with Crippen molar-refractivity contribution in [3.8, 4) is 5.75 Å². The van der Waals surface area contributed by atoms with Gasteiger partial charge in [0.2, 0.25) is 0 Å². The highest BCUT2D eigenvalue weighted by Crippen LogP contribution is 2.49. The van der Waals surface area contributed by atoms with E-state index in [1.54, 1.807) is 7.11 Å². The summed E-state index contributed by atoms with van der Waals surface area (Å²) in [5.74, 6) is 1.90. The molecule has 0 bridgehead atoms. The zero-order valence-corrected chi connectivity index (χ0v) is 20.0. The Morgan fingerprint density at radius 3 is 2.33 bits per heavy atom. The van der Waals surface area contributed by atoms with Crippen LogP contribution in [0, 0.1) is 10.8 Å². The molecule has 0 saturated heterocycles. The molecule has 0 fully saturated rings. The Morgan fingerprint density at radius 2 is 1.70 bits per heavy atom. The summed E-state index contributed by atoms with van der Waals surface area (Å²) in [6, 6.07) is 18.8. The van der Waals surface area contributed by atoms with Gasteiger partial charge < -0.3 is 14.1 Å². The van der Waals surface area contributed by atoms with Crippen LogP contribution in [0.5, 0.6) is 5.75 Å². The molecule has 0 spiro atoms. The number of allylic oxidation sites excluding steroid dienone is 1. The first-order valence-corrected chi connectivity index (χ1v) is 12.8. The van der Waals surface area contributed by atoms with E-state index in [1.807, 2.05) is 24.4 Å². The summed E-state index contributed by atoms with van der Waals surface area (Å²) in [5.41, 5.74) is 1.85. The maximum Gasteiger partial charge on any atom is 0.274 e. The third-order valence-corrected chi connectivity index (χ3v) is 6.41. The Balaban J connectivity index is 2.15. The Morgan fingerprint density at radius 1 is 1.03 bits per heavy atom. The molecule has 0 N–H and O–H groups in total. The molecule has 159 valence electrons. The normalized spacial score (nSPS) is 18.8. The lowest BCUT2D eigenvalue weighted by Gasteiger charge is -2.48. The minimum absolute atomic E-state index is 0.0695. The number of hydrogen-bond donors (Lipinski definition) is 0. The molecule has 1 heterocycles. The lowest BCUT2D eigenvalue weighted by molar-refractivity contribution is 0.0706. The first-order valence-electron chi connectivity index (χ1n) is 10.4. The first kappa shape index (κ1) is 22.2. The van der Waals surface area contributed by atoms with Crippen LogP contribution in [0.3, 0.4) is 0 Å². The Labute approximate surface area is 183 Å². The van der Waals surface area contributed by atoms with Gasteiger partial charge in [-0.15, -0.1) is 0 Å². The van der Waals surface area contributed by atoms with E-state index in [0.717, 1.165) is 29.4 Å². The second-order valence-electron chi connectivity index (χ2n) is 8.96. The van der Waals surface area contributed by atoms with Crippen LogP contribution in [0.1, 0.15) is 20.8 Å². The van der Waals surface area contributed by atoms with Crippen molar-refractivity contribution < 1.29 is 9.16 Å². The van der Waals surface area contributed by atoms with Gasteiger partial charge in [-0.25, -0.2) is 0 Å². The van der Waals surface area contributed by atoms with E-state index in [1.165, 1.54) is 0 Å². The number of dihydropyridines is 1. The van der Waals surface area contributed by atoms with Crippen molar-refractivity contribution in [3.63, 3.8) is 0 Å². The van der Waals surface area contributed by atoms with Crippen LogP contribution >= 0.6 is 0 Å². The summed E-state index contributed by atoms with van der Waals surface area (Å²) in [4.78, 5) is 7.03. The van der Waals surface area contributed by atoms with Crippen molar-refractivity contribution in [1.82, 2.24) is 0 Å². The van der Waals surface area contributed by atoms with Gasteiger partial charge in [-0.2, -0.15) is 0 Å². The molecule has 30 heavy (non-hydrogen) atoms. The number of para-hydroxylation sites is 3. The summed E-state index contributed by atoms with van der Waals surface area (Å²) >= 11 is 0. The van der Waals surface area contributed by atoms with Gasteiger partial charge in [0.1, 0.15) is 11.5 Å². The molecular weight excluding hydrogens is 388 g/mol. The summed E-state index contributed by atoms with van der Waals surface area (Å²) < 4.78 is 12.2. The second kappa shape index (κ2) is 9.09. The number of rotatable bonds is 7. The number of anilines is 2. The smallest absolute Gasteiger partial charge is 0.274 e. The van der Waals surface area contributed by atoms with Crippen molar-refractivity contribution in [2.45, 2.75) is 33.9 Å². The van der Waals surface area contributed by atoms with Gasteiger partial charge in [-0.1, -0.05) is 51.1 Å². The fourth-order valence-electron chi connectivity index (χ4n) is 3.98. The predicted molar refractivity (Wildman–Crippen MR) is 128 cm³/mol. The fourth-order valence-corrected chi connectivity index (χ4v) is 4.59. The fraction of sp³-hybridized carbons (Fsp3) is 0.400. The predicted octanol–water partition coefficient (Wildman–Crippen LogP) is 6.10. The molecule has 3 rings (SSSR count). The molecule has 0 aromatic heterocycles. The van der Waals surface area contributed by atoms with Crippen LogP contribution in [0.4, 0.5) is 11.4 Å². The van der Waals surface area contributed by atoms with Gasteiger partial charge in [-0.3, -0.25) is 4.99 Å². The maximum atomic E-state index is 6.29. The van der Waals surface area contributed by atoms with Crippen molar-refractivity contribution >= 4 is 26.6 Å². The van der Waals surface area contributed by atoms with E-state index in [9.17, 15) is 0 Å². The topological polar surface area (TPSA) is 34.1 Å². The Kier molecular flexibility index (Phi) is 6.71. The van der Waals surface area contributed by atoms with E-state index in [0.29, 0.717) is 6.54 Å². The molecule has 0 aliphatic carbocycles. The number of methoxy groups -OCH3 is 1. The highest BCUT2D eigenvalue weighted by Gasteiger charge is 2.48. The number of hydrogen-bond acceptors (Lipinski definition) is 4. The maximum absolute atomic E-state index is 6.29. The van der Waals surface area contributed by atoms with E-state index in [2.05, 4.69) is 86.2 Å². The molecular formula is C25H33N2O2Si. The average Bonchev–Trinajstić information content (AvgIpc) is 2.72. The molecule has 1 unspecified atom stereocenters. The van der Waals surface area contributed by atoms with E-state index >= 15 is 0 Å². The summed E-state index contributed by atoms with van der Waals surface area (Å²) in [5, 5.41) is 0. The van der Waals surface area contributed by atoms with Crippen LogP contribution < -0.4 is 9.33 Å². The van der Waals surface area contributed by atoms with Gasteiger partial charge in [-0.05, 0) is 48.9 Å². The third kappa shape index (κ3) is 4.46. The standard InChI is InChI=1S/C25H33N2O2Si/c1-24(2,3)25(18-26-17-16-23(25)28-4)19-27(20-12-8-7-9-13-20)21-14-10-11-15-22(21)29-30(5)6/h7-17H,18-19H2,1-6H3. The van der Waals surface area contributed by atoms with Gasteiger partial charge in [0.05, 0.1) is 24.8 Å². The van der Waals surface area contributed by atoms with Gasteiger partial charge >= 0.3 is 0 Å². The molecule has 1 radical (unpaired) electrons. The van der Waals surface area contributed by atoms with Crippen LogP contribution in [0.2, 0.25) is 13.1 Å². The zero-order valence-electron chi connectivity index (χ0n) is 19.0. The van der Waals surface area contributed by atoms with E-state index in [4.69, 9.17) is 9.16 Å². The van der Waals surface area contributed by atoms with Crippen LogP contribution in [0.25, 0.3) is 0 Å². The zero-order chi connectivity index (χ0) is 21.8. The molecule has 2 aromatic rings. The molecule has 1 aliphatic heterocycles. The van der Waals surface area contributed by atoms with Crippen molar-refractivity contribution in [2.24, 2.45) is 15.8 Å². The molecule has 5 heteroatoms. The number of benzene rings is 2. The average molecular weight is 422 g/mol. The molecule has 4 nitrogen and oxygen atoms in total. The van der Waals surface area contributed by atoms with Crippen molar-refractivity contribution in [1.29, 1.82) is 0 Å². The third-order valence-electron chi connectivity index (χ3n) is 5.79. The molecule has 0 saturated carbocycles. The quantitative estimate of drug-likeness (QED) is 0.506. The SMILES string of the molecule is COC1=CC=NCC1(CN(c1ccccc1)c1ccccc1O[Si](C)C)C(C)(C)C. The Hall–Kier alpha value is -2.53. The molecule has 1 atom stereocenters. The van der Waals surface area contributed by atoms with Crippen molar-refractivity contribution in [3.05, 3.63) is 66.4 Å². The number of ether oxygens (including phenoxy) is 1. The first-order chi connectivity index (χ1) is 14.3. The summed E-state index contributed by atoms with van der Waals surface area (Å²) in [6.45, 7) is 12.5. The van der Waals surface area contributed by atoms with E-state index < -0.39 is 9.04 Å². The van der Waals surface area contributed by atoms with Crippen LogP contribution in [0.15, 0.2) is 71.4 Å². The molecule has 0 amide bonds. The second-order valence-corrected chi connectivity index (χ2v) is 11.0. The van der Waals surface area contributed by atoms with Crippen molar-refractivity contribution in [2.75, 3.05) is 25.1 Å². The van der Waals surface area contributed by atoms with Crippen LogP contribution in [-0.2, 0) is 4.74 Å². The van der Waals surface area contributed by atoms with E-state index in [-0.39, 0.29) is 10.8 Å². The highest BCUT2D eigenvalue weighted by atomic mass is 28.3. The summed E-state index contributed by atoms with van der Waals surface area (Å²) in [6.07, 6.45) is 3.87. The van der Waals surface area contributed by atoms with Gasteiger partial charge in [0, 0.05) is 18.4 Å². The highest BCUT2D eigenvalue weighted by molar-refractivity contribution is 6.49. The lowest BCUT2D eigenvalue weighted by Crippen LogP contribution is -2.50. The van der Waals surface area contributed by atoms with Gasteiger partial charge in [0.15, 0.2) is 0 Å². The monoisotopic (exact) mass is 421 g/mol. The minimum Gasteiger partial charge on any atom is -0.541 e. The number of nitrogens with zero attached hydrogens (tertiary/aromatic N) is 2. The minimum atomic E-state index is -0.900. The van der Waals surface area contributed by atoms with Gasteiger partial charge in [0.25, 0.3) is 9.04 Å². The lowest BCUT2D eigenvalue weighted by atomic mass is 9.64. The molecule has 2 aromatic carbocycles.